The van der Waals surface area contributed by atoms with Crippen LogP contribution in [0.4, 0.5) is 10.5 Å². The van der Waals surface area contributed by atoms with E-state index in [2.05, 4.69) is 5.32 Å². The van der Waals surface area contributed by atoms with Crippen LogP contribution in [0.3, 0.4) is 0 Å². The topological polar surface area (TPSA) is 149 Å². The molecule has 11 heteroatoms. The molecule has 1 aromatic rings. The number of nitrogens with zero attached hydrogens (tertiary/aromatic N) is 2. The maximum atomic E-state index is 12.5. The number of esters is 1. The van der Waals surface area contributed by atoms with E-state index in [1.54, 1.807) is 41.1 Å². The normalized spacial score (nSPS) is 13.8. The number of aliphatic carboxylic acids is 1. The second-order valence-electron chi connectivity index (χ2n) is 5.72. The second-order valence-corrected chi connectivity index (χ2v) is 5.72. The molecule has 0 bridgehead atoms. The third kappa shape index (κ3) is 7.05. The van der Waals surface area contributed by atoms with Gasteiger partial charge < -0.3 is 25.8 Å². The van der Waals surface area contributed by atoms with E-state index >= 15 is 0 Å². The van der Waals surface area contributed by atoms with Crippen LogP contribution in [0.2, 0.25) is 0 Å². The van der Waals surface area contributed by atoms with Crippen LogP contribution < -0.4 is 16.0 Å². The maximum absolute atomic E-state index is 12.5. The molecule has 1 aliphatic rings. The van der Waals surface area contributed by atoms with Gasteiger partial charge in [-0.1, -0.05) is 0 Å². The summed E-state index contributed by atoms with van der Waals surface area (Å²) in [4.78, 5) is 36.4. The molecule has 0 spiro atoms. The number of halogens is 1. The number of likely N-dealkylation sites (N-methyl/N-ethyl adjacent to an activating group) is 1. The molecule has 2 rings (SSSR count). The monoisotopic (exact) mass is 415 g/mol. The van der Waals surface area contributed by atoms with E-state index in [-0.39, 0.29) is 30.8 Å². The molecule has 1 fully saturated rings. The zero-order valence-corrected chi connectivity index (χ0v) is 16.8. The Kier molecular flexibility index (Phi) is 10.6. The first-order chi connectivity index (χ1) is 12.7. The molecular weight excluding hydrogens is 390 g/mol. The van der Waals surface area contributed by atoms with E-state index in [9.17, 15) is 9.59 Å². The van der Waals surface area contributed by atoms with Crippen molar-refractivity contribution in [2.75, 3.05) is 38.7 Å². The minimum absolute atomic E-state index is 0. The number of urea groups is 1. The van der Waals surface area contributed by atoms with Gasteiger partial charge in [-0.05, 0) is 31.3 Å². The van der Waals surface area contributed by atoms with Crippen LogP contribution in [0.25, 0.3) is 0 Å². The van der Waals surface area contributed by atoms with Crippen molar-refractivity contribution in [1.82, 2.24) is 10.2 Å². The Morgan fingerprint density at radius 1 is 1.32 bits per heavy atom. The number of carboxylic acid groups (broad SMARTS) is 1. The van der Waals surface area contributed by atoms with Crippen molar-refractivity contribution in [3.05, 3.63) is 29.8 Å². The van der Waals surface area contributed by atoms with Crippen molar-refractivity contribution in [2.24, 2.45) is 5.73 Å². The van der Waals surface area contributed by atoms with Gasteiger partial charge in [-0.2, -0.15) is 0 Å². The largest absolute Gasteiger partial charge is 0.481 e. The van der Waals surface area contributed by atoms with Gasteiger partial charge in [0.2, 0.25) is 0 Å². The van der Waals surface area contributed by atoms with Crippen molar-refractivity contribution in [1.29, 1.82) is 5.41 Å². The Bertz CT molecular complexity index is 694. The van der Waals surface area contributed by atoms with Gasteiger partial charge in [0.05, 0.1) is 7.11 Å². The average Bonchev–Trinajstić information content (AvgIpc) is 2.99. The highest BCUT2D eigenvalue weighted by atomic mass is 35.5. The highest BCUT2D eigenvalue weighted by Crippen LogP contribution is 2.21. The molecule has 0 aromatic heterocycles. The summed E-state index contributed by atoms with van der Waals surface area (Å²) in [5.41, 5.74) is 6.77. The van der Waals surface area contributed by atoms with Crippen LogP contribution >= 0.6 is 12.4 Å². The number of hydrogen-bond acceptors (Lipinski definition) is 6. The van der Waals surface area contributed by atoms with E-state index in [1.807, 2.05) is 0 Å². The van der Waals surface area contributed by atoms with Gasteiger partial charge in [0, 0.05) is 37.8 Å². The van der Waals surface area contributed by atoms with E-state index in [4.69, 9.17) is 25.8 Å². The summed E-state index contributed by atoms with van der Waals surface area (Å²) >= 11 is 0. The lowest BCUT2D eigenvalue weighted by molar-refractivity contribution is -0.143. The van der Waals surface area contributed by atoms with E-state index in [0.717, 1.165) is 12.6 Å². The van der Waals surface area contributed by atoms with Crippen molar-refractivity contribution in [3.8, 4) is 0 Å². The summed E-state index contributed by atoms with van der Waals surface area (Å²) in [6.45, 7) is 2.41. The quantitative estimate of drug-likeness (QED) is 0.300. The number of amidine groups is 1. The standard InChI is InChI=1S/C15H21N5O3.C2H4O2.ClH/c1-18-12(14(21)23-2)9-19-7-8-20(15(19)22)11-5-3-10(4-6-11)13(16)17;1-2(3)4;/h3-6,12,18H,7-9H2,1-2H3,(H3,16,17);1H3,(H,3,4);1H. The van der Waals surface area contributed by atoms with Gasteiger partial charge in [0.1, 0.15) is 11.9 Å². The fourth-order valence-corrected chi connectivity index (χ4v) is 2.46. The summed E-state index contributed by atoms with van der Waals surface area (Å²) in [6.07, 6.45) is 0. The van der Waals surface area contributed by atoms with E-state index in [1.165, 1.54) is 7.11 Å². The summed E-state index contributed by atoms with van der Waals surface area (Å²) in [5, 5.41) is 17.6. The number of hydrogen-bond donors (Lipinski definition) is 4. The van der Waals surface area contributed by atoms with Gasteiger partial charge in [0.25, 0.3) is 5.97 Å². The molecule has 10 nitrogen and oxygen atoms in total. The number of nitrogen functional groups attached to an aromatic ring is 1. The highest BCUT2D eigenvalue weighted by molar-refractivity contribution is 5.97. The molecule has 5 N–H and O–H groups in total. The number of carbonyl (C=O) groups excluding carboxylic acids is 2. The molecule has 1 aliphatic heterocycles. The number of rotatable bonds is 6. The van der Waals surface area contributed by atoms with Crippen molar-refractivity contribution < 1.29 is 24.2 Å². The fourth-order valence-electron chi connectivity index (χ4n) is 2.46. The van der Waals surface area contributed by atoms with Crippen molar-refractivity contribution >= 4 is 41.9 Å². The van der Waals surface area contributed by atoms with Crippen molar-refractivity contribution in [3.63, 3.8) is 0 Å². The van der Waals surface area contributed by atoms with Crippen LogP contribution in [0.1, 0.15) is 12.5 Å². The molecule has 0 aliphatic carbocycles. The molecule has 2 amide bonds. The summed E-state index contributed by atoms with van der Waals surface area (Å²) in [5.74, 6) is -1.24. The number of carboxylic acids is 1. The average molecular weight is 416 g/mol. The first kappa shape index (κ1) is 25.1. The maximum Gasteiger partial charge on any atom is 0.324 e. The molecule has 1 heterocycles. The summed E-state index contributed by atoms with van der Waals surface area (Å²) in [6, 6.07) is 6.22. The van der Waals surface area contributed by atoms with Crippen LogP contribution in [0.5, 0.6) is 0 Å². The number of carbonyl (C=O) groups is 3. The lowest BCUT2D eigenvalue weighted by Gasteiger charge is -2.22. The fraction of sp³-hybridized carbons (Fsp3) is 0.412. The van der Waals surface area contributed by atoms with Gasteiger partial charge in [-0.15, -0.1) is 12.4 Å². The predicted molar refractivity (Wildman–Crippen MR) is 107 cm³/mol. The first-order valence-corrected chi connectivity index (χ1v) is 8.16. The number of methoxy groups -OCH3 is 1. The number of anilines is 1. The number of nitrogens with one attached hydrogen (secondary N) is 2. The molecule has 156 valence electrons. The zero-order valence-electron chi connectivity index (χ0n) is 16.0. The van der Waals surface area contributed by atoms with Gasteiger partial charge in [-0.25, -0.2) is 4.79 Å². The molecule has 1 atom stereocenters. The van der Waals surface area contributed by atoms with E-state index in [0.29, 0.717) is 18.7 Å². The van der Waals surface area contributed by atoms with Crippen molar-refractivity contribution in [2.45, 2.75) is 13.0 Å². The predicted octanol–water partition coefficient (Wildman–Crippen LogP) is 0.486. The summed E-state index contributed by atoms with van der Waals surface area (Å²) < 4.78 is 4.71. The lowest BCUT2D eigenvalue weighted by atomic mass is 10.2. The smallest absolute Gasteiger partial charge is 0.324 e. The number of amides is 2. The van der Waals surface area contributed by atoms with Gasteiger partial charge in [-0.3, -0.25) is 19.9 Å². The number of ether oxygens (including phenoxy) is 1. The minimum atomic E-state index is -0.833. The molecule has 1 aromatic carbocycles. The van der Waals surface area contributed by atoms with Crippen LogP contribution in [0, 0.1) is 5.41 Å². The zero-order chi connectivity index (χ0) is 20.6. The van der Waals surface area contributed by atoms with Crippen LogP contribution in [-0.4, -0.2) is 73.6 Å². The Morgan fingerprint density at radius 2 is 1.86 bits per heavy atom. The Labute approximate surface area is 169 Å². The molecule has 0 saturated carbocycles. The van der Waals surface area contributed by atoms with Crippen LogP contribution in [-0.2, 0) is 14.3 Å². The molecule has 0 radical (unpaired) electrons. The minimum Gasteiger partial charge on any atom is -0.481 e. The Balaban J connectivity index is 0.00000133. The molecule has 1 unspecified atom stereocenters. The van der Waals surface area contributed by atoms with Crippen LogP contribution in [0.15, 0.2) is 24.3 Å². The third-order valence-electron chi connectivity index (χ3n) is 3.82. The third-order valence-corrected chi connectivity index (χ3v) is 3.82. The molecule has 28 heavy (non-hydrogen) atoms. The second kappa shape index (κ2) is 11.8. The summed E-state index contributed by atoms with van der Waals surface area (Å²) in [7, 11) is 2.97. The molecular formula is C17H26ClN5O5. The first-order valence-electron chi connectivity index (χ1n) is 8.16. The lowest BCUT2D eigenvalue weighted by Crippen LogP contribution is -2.46. The number of nitrogens with two attached hydrogens (primary N) is 1. The highest BCUT2D eigenvalue weighted by Gasteiger charge is 2.32. The Hall–Kier alpha value is -2.85. The van der Waals surface area contributed by atoms with E-state index < -0.39 is 18.0 Å². The Morgan fingerprint density at radius 3 is 2.29 bits per heavy atom. The van der Waals surface area contributed by atoms with Gasteiger partial charge in [0.15, 0.2) is 0 Å². The molecule has 1 saturated heterocycles. The number of benzene rings is 1. The SMILES string of the molecule is CC(=O)O.CNC(CN1CCN(c2ccc(C(=N)N)cc2)C1=O)C(=O)OC.Cl. The van der Waals surface area contributed by atoms with Gasteiger partial charge >= 0.3 is 12.0 Å².